The summed E-state index contributed by atoms with van der Waals surface area (Å²) in [6, 6.07) is 0. The van der Waals surface area contributed by atoms with Gasteiger partial charge in [0, 0.05) is 0 Å². The van der Waals surface area contributed by atoms with Gasteiger partial charge in [-0.25, -0.2) is 0 Å². The van der Waals surface area contributed by atoms with E-state index in [4.69, 9.17) is 4.74 Å². The van der Waals surface area contributed by atoms with Crippen LogP contribution in [0.25, 0.3) is 0 Å². The van der Waals surface area contributed by atoms with Gasteiger partial charge in [-0.2, -0.15) is 0 Å². The van der Waals surface area contributed by atoms with E-state index in [-0.39, 0.29) is 0 Å². The van der Waals surface area contributed by atoms with Crippen LogP contribution in [0, 0.1) is 17.8 Å². The normalized spacial score (nSPS) is 46.2. The summed E-state index contributed by atoms with van der Waals surface area (Å²) < 4.78 is 5.67. The molecule has 3 rings (SSSR count). The number of hydrogen-bond acceptors (Lipinski definition) is 1. The quantitative estimate of drug-likeness (QED) is 0.629. The van der Waals surface area contributed by atoms with Crippen molar-refractivity contribution in [1.82, 2.24) is 0 Å². The molecule has 2 saturated carbocycles. The molecule has 0 aromatic carbocycles. The van der Waals surface area contributed by atoms with E-state index in [0.717, 1.165) is 17.8 Å². The van der Waals surface area contributed by atoms with Gasteiger partial charge in [0.05, 0.1) is 12.2 Å². The van der Waals surface area contributed by atoms with Gasteiger partial charge in [0.2, 0.25) is 0 Å². The van der Waals surface area contributed by atoms with E-state index in [0.29, 0.717) is 12.2 Å². The highest BCUT2D eigenvalue weighted by molar-refractivity contribution is 4.95. The maximum Gasteiger partial charge on any atom is 0.0844 e. The number of hydrogen-bond donors (Lipinski definition) is 0. The Balaban J connectivity index is 1.52. The lowest BCUT2D eigenvalue weighted by Crippen LogP contribution is -2.25. The Bertz CT molecular complexity index is 219. The lowest BCUT2D eigenvalue weighted by molar-refractivity contribution is 0.204. The Morgan fingerprint density at radius 1 is 1.00 bits per heavy atom. The van der Waals surface area contributed by atoms with Gasteiger partial charge in [0.25, 0.3) is 0 Å². The predicted molar refractivity (Wildman–Crippen MR) is 61.7 cm³/mol. The fraction of sp³-hybridized carbons (Fsp3) is 1.00. The molecule has 1 heteroatoms. The minimum Gasteiger partial charge on any atom is -0.370 e. The molecule has 0 aromatic rings. The summed E-state index contributed by atoms with van der Waals surface area (Å²) >= 11 is 0. The predicted octanol–water partition coefficient (Wildman–Crippen LogP) is 3.77. The average molecular weight is 208 g/mol. The summed E-state index contributed by atoms with van der Waals surface area (Å²) in [5.41, 5.74) is 0. The van der Waals surface area contributed by atoms with E-state index in [9.17, 15) is 0 Å². The van der Waals surface area contributed by atoms with Crippen LogP contribution >= 0.6 is 0 Å². The molecule has 0 N–H and O–H groups in total. The first-order valence-corrected chi connectivity index (χ1v) is 6.98. The summed E-state index contributed by atoms with van der Waals surface area (Å²) in [4.78, 5) is 0. The van der Waals surface area contributed by atoms with Crippen LogP contribution in [0.1, 0.15) is 58.3 Å². The third kappa shape index (κ3) is 2.22. The van der Waals surface area contributed by atoms with Gasteiger partial charge < -0.3 is 4.74 Å². The van der Waals surface area contributed by atoms with Crippen LogP contribution < -0.4 is 0 Å². The number of rotatable bonds is 2. The van der Waals surface area contributed by atoms with E-state index in [1.165, 1.54) is 51.4 Å². The van der Waals surface area contributed by atoms with Crippen molar-refractivity contribution < 1.29 is 4.74 Å². The molecule has 0 spiro atoms. The van der Waals surface area contributed by atoms with Crippen LogP contribution in [0.2, 0.25) is 0 Å². The van der Waals surface area contributed by atoms with E-state index >= 15 is 0 Å². The van der Waals surface area contributed by atoms with Crippen molar-refractivity contribution in [2.24, 2.45) is 17.8 Å². The maximum absolute atomic E-state index is 5.67. The zero-order valence-electron chi connectivity index (χ0n) is 9.95. The Hall–Kier alpha value is -0.0400. The van der Waals surface area contributed by atoms with Crippen molar-refractivity contribution >= 4 is 0 Å². The molecular weight excluding hydrogens is 184 g/mol. The summed E-state index contributed by atoms with van der Waals surface area (Å²) in [6.07, 6.45) is 13.1. The maximum atomic E-state index is 5.67. The monoisotopic (exact) mass is 208 g/mol. The van der Waals surface area contributed by atoms with Gasteiger partial charge in [-0.05, 0) is 37.0 Å². The molecule has 86 valence electrons. The van der Waals surface area contributed by atoms with Gasteiger partial charge >= 0.3 is 0 Å². The number of epoxide rings is 1. The average Bonchev–Trinajstić information content (AvgIpc) is 2.98. The van der Waals surface area contributed by atoms with E-state index in [1.807, 2.05) is 0 Å². The highest BCUT2D eigenvalue weighted by atomic mass is 16.6. The van der Waals surface area contributed by atoms with Crippen molar-refractivity contribution in [3.63, 3.8) is 0 Å². The molecule has 3 aliphatic rings. The van der Waals surface area contributed by atoms with Crippen LogP contribution in [0.3, 0.4) is 0 Å². The molecule has 1 saturated heterocycles. The Labute approximate surface area is 93.6 Å². The number of ether oxygens (including phenoxy) is 1. The molecule has 2 aliphatic carbocycles. The number of fused-ring (bicyclic) bond motifs is 1. The smallest absolute Gasteiger partial charge is 0.0844 e. The van der Waals surface area contributed by atoms with Gasteiger partial charge in [0.1, 0.15) is 0 Å². The largest absolute Gasteiger partial charge is 0.370 e. The van der Waals surface area contributed by atoms with Crippen LogP contribution in [-0.2, 0) is 4.74 Å². The molecule has 3 fully saturated rings. The Kier molecular flexibility index (Phi) is 2.76. The molecule has 0 amide bonds. The summed E-state index contributed by atoms with van der Waals surface area (Å²) in [7, 11) is 0. The molecule has 0 radical (unpaired) electrons. The topological polar surface area (TPSA) is 12.5 Å². The molecule has 0 bridgehead atoms. The van der Waals surface area contributed by atoms with Crippen LogP contribution in [-0.4, -0.2) is 12.2 Å². The molecule has 1 nitrogen and oxygen atoms in total. The third-order valence-electron chi connectivity index (χ3n) is 4.99. The Morgan fingerprint density at radius 2 is 1.73 bits per heavy atom. The van der Waals surface area contributed by atoms with Gasteiger partial charge in [-0.15, -0.1) is 0 Å². The van der Waals surface area contributed by atoms with Crippen LogP contribution in [0.15, 0.2) is 0 Å². The zero-order chi connectivity index (χ0) is 10.3. The van der Waals surface area contributed by atoms with Crippen molar-refractivity contribution in [3.05, 3.63) is 0 Å². The summed E-state index contributed by atoms with van der Waals surface area (Å²) in [6.45, 7) is 2.45. The standard InChI is InChI=1S/C14H24O/c1-10-7-13-14(15-13)9-12(10)8-11-5-3-2-4-6-11/h10-14H,2-9H2,1H3. The third-order valence-corrected chi connectivity index (χ3v) is 4.99. The molecule has 15 heavy (non-hydrogen) atoms. The van der Waals surface area contributed by atoms with Crippen molar-refractivity contribution in [2.75, 3.05) is 0 Å². The molecule has 4 atom stereocenters. The molecular formula is C14H24O. The fourth-order valence-corrected chi connectivity index (χ4v) is 3.86. The lowest BCUT2D eigenvalue weighted by Gasteiger charge is -2.31. The highest BCUT2D eigenvalue weighted by Gasteiger charge is 2.46. The summed E-state index contributed by atoms with van der Waals surface area (Å²) in [5.74, 6) is 2.97. The van der Waals surface area contributed by atoms with E-state index < -0.39 is 0 Å². The lowest BCUT2D eigenvalue weighted by atomic mass is 9.73. The van der Waals surface area contributed by atoms with Gasteiger partial charge in [-0.3, -0.25) is 0 Å². The van der Waals surface area contributed by atoms with Crippen LogP contribution in [0.5, 0.6) is 0 Å². The van der Waals surface area contributed by atoms with Gasteiger partial charge in [0.15, 0.2) is 0 Å². The first-order valence-electron chi connectivity index (χ1n) is 6.98. The highest BCUT2D eigenvalue weighted by Crippen LogP contribution is 2.46. The molecule has 1 aliphatic heterocycles. The second-order valence-electron chi connectivity index (χ2n) is 6.16. The second-order valence-corrected chi connectivity index (χ2v) is 6.16. The minimum atomic E-state index is 0.669. The van der Waals surface area contributed by atoms with Crippen molar-refractivity contribution in [1.29, 1.82) is 0 Å². The second kappa shape index (κ2) is 4.08. The first kappa shape index (κ1) is 10.1. The van der Waals surface area contributed by atoms with Gasteiger partial charge in [-0.1, -0.05) is 39.0 Å². The SMILES string of the molecule is CC1CC2OC2CC1CC1CCCCC1. The minimum absolute atomic E-state index is 0.669. The first-order chi connectivity index (χ1) is 7.33. The summed E-state index contributed by atoms with van der Waals surface area (Å²) in [5, 5.41) is 0. The molecule has 4 unspecified atom stereocenters. The van der Waals surface area contributed by atoms with E-state index in [1.54, 1.807) is 0 Å². The zero-order valence-corrected chi connectivity index (χ0v) is 9.95. The molecule has 0 aromatic heterocycles. The molecule has 1 heterocycles. The van der Waals surface area contributed by atoms with Crippen molar-refractivity contribution in [2.45, 2.75) is 70.5 Å². The van der Waals surface area contributed by atoms with Crippen LogP contribution in [0.4, 0.5) is 0 Å². The Morgan fingerprint density at radius 3 is 2.53 bits per heavy atom. The van der Waals surface area contributed by atoms with Crippen molar-refractivity contribution in [3.8, 4) is 0 Å². The fourth-order valence-electron chi connectivity index (χ4n) is 3.86. The van der Waals surface area contributed by atoms with E-state index in [2.05, 4.69) is 6.92 Å².